The number of para-hydroxylation sites is 2. The van der Waals surface area contributed by atoms with Crippen molar-refractivity contribution < 1.29 is 9.80 Å². The predicted molar refractivity (Wildman–Crippen MR) is 115 cm³/mol. The minimum absolute atomic E-state index is 0.0445. The molecule has 0 amide bonds. The van der Waals surface area contributed by atoms with E-state index in [2.05, 4.69) is 30.1 Å². The van der Waals surface area contributed by atoms with Crippen LogP contribution in [0.4, 0.5) is 0 Å². The number of thiazole rings is 1. The van der Waals surface area contributed by atoms with Gasteiger partial charge in [-0.25, -0.2) is 9.97 Å². The van der Waals surface area contributed by atoms with Crippen LogP contribution in [0, 0.1) is 0 Å². The van der Waals surface area contributed by atoms with Crippen molar-refractivity contribution in [2.24, 2.45) is 0 Å². The van der Waals surface area contributed by atoms with E-state index in [0.29, 0.717) is 5.39 Å². The molecule has 1 aliphatic heterocycles. The van der Waals surface area contributed by atoms with Crippen molar-refractivity contribution in [3.05, 3.63) is 69.7 Å². The molecule has 148 valence electrons. The maximum absolute atomic E-state index is 12.4. The minimum Gasteiger partial charge on any atom is -0.320 e. The van der Waals surface area contributed by atoms with Gasteiger partial charge in [0.15, 0.2) is 5.82 Å². The van der Waals surface area contributed by atoms with Gasteiger partial charge in [0.1, 0.15) is 43.8 Å². The number of hydrogen-bond donors (Lipinski definition) is 3. The third-order valence-electron chi connectivity index (χ3n) is 5.99. The molecule has 0 aliphatic carbocycles. The maximum Gasteiger partial charge on any atom is 0.258 e. The summed E-state index contributed by atoms with van der Waals surface area (Å²) in [6.07, 6.45) is 0. The van der Waals surface area contributed by atoms with E-state index >= 15 is 0 Å². The highest BCUT2D eigenvalue weighted by molar-refractivity contribution is 7.18. The topological polar surface area (TPSA) is 67.5 Å². The van der Waals surface area contributed by atoms with Crippen LogP contribution in [0.3, 0.4) is 0 Å². The molecule has 29 heavy (non-hydrogen) atoms. The summed E-state index contributed by atoms with van der Waals surface area (Å²) in [6.45, 7) is 7.50. The SMILES string of the molecule is C[C@H](c1nc2ccccc2c(=O)[nH]1)[NH+]1CC[NH+](Cc2nc3ccccc3s2)CC1. The lowest BCUT2D eigenvalue weighted by atomic mass is 10.2. The zero-order valence-electron chi connectivity index (χ0n) is 16.4. The largest absolute Gasteiger partial charge is 0.320 e. The van der Waals surface area contributed by atoms with Gasteiger partial charge >= 0.3 is 0 Å². The Morgan fingerprint density at radius 2 is 1.72 bits per heavy atom. The Bertz CT molecular complexity index is 1180. The van der Waals surface area contributed by atoms with E-state index in [1.807, 2.05) is 41.7 Å². The quantitative estimate of drug-likeness (QED) is 0.464. The molecular weight excluding hydrogens is 382 g/mol. The molecule has 5 rings (SSSR count). The van der Waals surface area contributed by atoms with Crippen molar-refractivity contribution in [1.82, 2.24) is 15.0 Å². The molecule has 1 aliphatic rings. The fourth-order valence-electron chi connectivity index (χ4n) is 4.25. The Morgan fingerprint density at radius 3 is 2.52 bits per heavy atom. The number of H-pyrrole nitrogens is 1. The molecule has 3 heterocycles. The third kappa shape index (κ3) is 3.69. The van der Waals surface area contributed by atoms with E-state index in [-0.39, 0.29) is 11.6 Å². The fraction of sp³-hybridized carbons (Fsp3) is 0.318. The summed E-state index contributed by atoms with van der Waals surface area (Å²) < 4.78 is 1.27. The highest BCUT2D eigenvalue weighted by Crippen LogP contribution is 2.20. The molecule has 1 atom stereocenters. The van der Waals surface area contributed by atoms with E-state index in [1.54, 1.807) is 4.90 Å². The van der Waals surface area contributed by atoms with Gasteiger partial charge in [0.25, 0.3) is 5.56 Å². The second-order valence-corrected chi connectivity index (χ2v) is 8.97. The highest BCUT2D eigenvalue weighted by atomic mass is 32.1. The number of aromatic nitrogens is 3. The van der Waals surface area contributed by atoms with Crippen LogP contribution in [0.25, 0.3) is 21.1 Å². The summed E-state index contributed by atoms with van der Waals surface area (Å²) in [5.41, 5.74) is 1.84. The lowest BCUT2D eigenvalue weighted by Crippen LogP contribution is -3.27. The van der Waals surface area contributed by atoms with Crippen LogP contribution in [0.1, 0.15) is 23.8 Å². The first kappa shape index (κ1) is 18.4. The zero-order chi connectivity index (χ0) is 19.8. The van der Waals surface area contributed by atoms with Crippen LogP contribution in [0.15, 0.2) is 53.3 Å². The molecule has 0 bridgehead atoms. The second-order valence-electron chi connectivity index (χ2n) is 7.85. The highest BCUT2D eigenvalue weighted by Gasteiger charge is 2.29. The summed E-state index contributed by atoms with van der Waals surface area (Å²) in [4.78, 5) is 28.0. The third-order valence-corrected chi connectivity index (χ3v) is 7.03. The molecule has 0 radical (unpaired) electrons. The minimum atomic E-state index is -0.0445. The number of hydrogen-bond acceptors (Lipinski definition) is 4. The number of quaternary nitrogens is 2. The average molecular weight is 408 g/mol. The fourth-order valence-corrected chi connectivity index (χ4v) is 5.29. The Morgan fingerprint density at radius 1 is 1.00 bits per heavy atom. The van der Waals surface area contributed by atoms with Crippen molar-refractivity contribution in [1.29, 1.82) is 0 Å². The Hall–Kier alpha value is -2.61. The van der Waals surface area contributed by atoms with E-state index in [1.165, 1.54) is 14.6 Å². The molecule has 7 heteroatoms. The van der Waals surface area contributed by atoms with Crippen LogP contribution in [-0.2, 0) is 6.54 Å². The molecule has 0 saturated carbocycles. The van der Waals surface area contributed by atoms with Gasteiger partial charge in [0.05, 0.1) is 21.1 Å². The van der Waals surface area contributed by atoms with Crippen LogP contribution in [0.2, 0.25) is 0 Å². The number of fused-ring (bicyclic) bond motifs is 2. The first-order valence-electron chi connectivity index (χ1n) is 10.2. The van der Waals surface area contributed by atoms with Crippen molar-refractivity contribution in [3.63, 3.8) is 0 Å². The lowest BCUT2D eigenvalue weighted by Gasteiger charge is -2.32. The molecule has 0 unspecified atom stereocenters. The van der Waals surface area contributed by atoms with E-state index in [0.717, 1.165) is 49.6 Å². The normalized spacial score (nSPS) is 20.9. The molecule has 6 nitrogen and oxygen atoms in total. The van der Waals surface area contributed by atoms with Crippen LogP contribution >= 0.6 is 11.3 Å². The first-order valence-corrected chi connectivity index (χ1v) is 11.0. The monoisotopic (exact) mass is 407 g/mol. The van der Waals surface area contributed by atoms with Crippen molar-refractivity contribution in [3.8, 4) is 0 Å². The smallest absolute Gasteiger partial charge is 0.258 e. The number of nitrogens with zero attached hydrogens (tertiary/aromatic N) is 2. The summed E-state index contributed by atoms with van der Waals surface area (Å²) in [7, 11) is 0. The molecule has 2 aromatic heterocycles. The van der Waals surface area contributed by atoms with E-state index in [4.69, 9.17) is 9.97 Å². The van der Waals surface area contributed by atoms with Gasteiger partial charge in [-0.3, -0.25) is 4.79 Å². The Balaban J connectivity index is 1.26. The van der Waals surface area contributed by atoms with Gasteiger partial charge in [-0.05, 0) is 31.2 Å². The van der Waals surface area contributed by atoms with Crippen LogP contribution in [0.5, 0.6) is 0 Å². The van der Waals surface area contributed by atoms with E-state index < -0.39 is 0 Å². The van der Waals surface area contributed by atoms with E-state index in [9.17, 15) is 4.79 Å². The lowest BCUT2D eigenvalue weighted by molar-refractivity contribution is -1.03. The molecule has 2 aromatic carbocycles. The average Bonchev–Trinajstić information content (AvgIpc) is 3.16. The molecular formula is C22H25N5OS+2. The summed E-state index contributed by atoms with van der Waals surface area (Å²) in [5, 5.41) is 1.88. The Labute approximate surface area is 172 Å². The maximum atomic E-state index is 12.4. The van der Waals surface area contributed by atoms with Gasteiger partial charge < -0.3 is 14.8 Å². The van der Waals surface area contributed by atoms with Gasteiger partial charge in [0.2, 0.25) is 0 Å². The predicted octanol–water partition coefficient (Wildman–Crippen LogP) is 0.577. The van der Waals surface area contributed by atoms with Crippen molar-refractivity contribution >= 4 is 32.5 Å². The molecule has 0 spiro atoms. The van der Waals surface area contributed by atoms with Gasteiger partial charge in [0, 0.05) is 0 Å². The number of aromatic amines is 1. The number of nitrogens with one attached hydrogen (secondary N) is 3. The summed E-state index contributed by atoms with van der Waals surface area (Å²) in [6, 6.07) is 16.1. The second kappa shape index (κ2) is 7.67. The standard InChI is InChI=1S/C22H23N5OS/c1-15(21-24-17-7-3-2-6-16(17)22(28)25-21)27-12-10-26(11-13-27)14-20-23-18-8-4-5-9-19(18)29-20/h2-9,15H,10-14H2,1H3,(H,24,25,28)/p+2/t15-/m1/s1. The van der Waals surface area contributed by atoms with Crippen LogP contribution < -0.4 is 15.4 Å². The summed E-state index contributed by atoms with van der Waals surface area (Å²) in [5.74, 6) is 0.790. The van der Waals surface area contributed by atoms with Crippen molar-refractivity contribution in [2.45, 2.75) is 19.5 Å². The van der Waals surface area contributed by atoms with Crippen molar-refractivity contribution in [2.75, 3.05) is 26.2 Å². The first-order chi connectivity index (χ1) is 14.2. The molecule has 1 saturated heterocycles. The molecule has 4 aromatic rings. The zero-order valence-corrected chi connectivity index (χ0v) is 17.3. The Kier molecular flexibility index (Phi) is 4.87. The number of rotatable bonds is 4. The van der Waals surface area contributed by atoms with Crippen LogP contribution in [-0.4, -0.2) is 41.1 Å². The van der Waals surface area contributed by atoms with Gasteiger partial charge in [-0.15, -0.1) is 11.3 Å². The molecule has 1 fully saturated rings. The number of piperazine rings is 1. The van der Waals surface area contributed by atoms with Gasteiger partial charge in [-0.2, -0.15) is 0 Å². The summed E-state index contributed by atoms with van der Waals surface area (Å²) >= 11 is 1.81. The molecule has 3 N–H and O–H groups in total. The number of benzene rings is 2. The van der Waals surface area contributed by atoms with Gasteiger partial charge in [-0.1, -0.05) is 24.3 Å².